The van der Waals surface area contributed by atoms with Crippen LogP contribution in [0, 0.1) is 5.92 Å². The maximum atomic E-state index is 2.56. The number of hydrogen-bond donors (Lipinski definition) is 0. The monoisotopic (exact) mass is 1310 g/mol. The highest BCUT2D eigenvalue weighted by Crippen LogP contribution is 2.57. The van der Waals surface area contributed by atoms with Crippen molar-refractivity contribution in [1.29, 1.82) is 0 Å². The van der Waals surface area contributed by atoms with Crippen molar-refractivity contribution in [2.45, 2.75) is 83.0 Å². The van der Waals surface area contributed by atoms with Crippen molar-refractivity contribution in [3.05, 3.63) is 388 Å². The second kappa shape index (κ2) is 24.1. The molecule has 2 nitrogen and oxygen atoms in total. The third-order valence-corrected chi connectivity index (χ3v) is 23.5. The molecule has 13 aromatic rings. The molecule has 2 unspecified atom stereocenters. The molecule has 0 saturated heterocycles. The van der Waals surface area contributed by atoms with Gasteiger partial charge in [0.1, 0.15) is 0 Å². The molecular formula is C100H82N2. The van der Waals surface area contributed by atoms with E-state index in [0.717, 1.165) is 22.7 Å². The lowest BCUT2D eigenvalue weighted by Crippen LogP contribution is -2.28. The smallest absolute Gasteiger partial charge is 0.0467 e. The first-order valence-electron chi connectivity index (χ1n) is 36.4. The van der Waals surface area contributed by atoms with Crippen molar-refractivity contribution in [3.63, 3.8) is 0 Å². The van der Waals surface area contributed by atoms with E-state index in [1.807, 2.05) is 0 Å². The predicted molar refractivity (Wildman–Crippen MR) is 432 cm³/mol. The number of allylic oxidation sites excluding steroid dienone is 3. The van der Waals surface area contributed by atoms with E-state index in [2.05, 4.69) is 405 Å². The van der Waals surface area contributed by atoms with Crippen LogP contribution in [0.2, 0.25) is 0 Å². The maximum absolute atomic E-state index is 2.56. The van der Waals surface area contributed by atoms with Gasteiger partial charge in [-0.1, -0.05) is 328 Å². The first-order chi connectivity index (χ1) is 49.5. The third-order valence-electron chi connectivity index (χ3n) is 23.5. The molecule has 0 spiro atoms. The molecule has 0 fully saturated rings. The van der Waals surface area contributed by atoms with E-state index in [4.69, 9.17) is 0 Å². The van der Waals surface area contributed by atoms with Gasteiger partial charge in [0.15, 0.2) is 0 Å². The molecule has 2 heteroatoms. The lowest BCUT2D eigenvalue weighted by Gasteiger charge is -2.35. The quantitative estimate of drug-likeness (QED) is 0.106. The van der Waals surface area contributed by atoms with E-state index in [1.54, 1.807) is 0 Å². The minimum Gasteiger partial charge on any atom is -0.311 e. The molecule has 0 bridgehead atoms. The van der Waals surface area contributed by atoms with E-state index in [1.165, 1.54) is 145 Å². The standard InChI is InChI=1S/C100H82N2/c1-97(2)89-31-17-15-29-81(89)85-53-47-77(61-93(85)97)101(75-27-19-25-73(59-75)69-21-11-9-12-22-69)79-49-55-87-83-51-41-67(57-91(83)99(5,6)95(87)63-79)35-33-65-37-43-71(44-38-65)72-45-39-66(40-46-72)34-36-68-42-52-84-88-56-50-80(64-96(88)100(7,8)92(84)58-68)102(76-28-20-26-74(60-76)70-23-13-10-14-24-70)78-48-54-86-82-30-16-18-32-90(82)98(3,4)94(86)62-78/h9-64,85,93H,1-8H3/b35-33+,36-34+. The summed E-state index contributed by atoms with van der Waals surface area (Å²) in [6.45, 7) is 19.2. The molecule has 13 aromatic carbocycles. The Bertz CT molecular complexity index is 5630. The summed E-state index contributed by atoms with van der Waals surface area (Å²) in [6.07, 6.45) is 16.5. The number of nitrogens with zero attached hydrogens (tertiary/aromatic N) is 2. The number of hydrogen-bond acceptors (Lipinski definition) is 2. The number of rotatable bonds is 13. The molecule has 0 aromatic heterocycles. The average Bonchev–Trinajstić information content (AvgIpc) is 1.58. The molecule has 2 atom stereocenters. The Balaban J connectivity index is 0.567. The van der Waals surface area contributed by atoms with E-state index in [-0.39, 0.29) is 21.7 Å². The van der Waals surface area contributed by atoms with Gasteiger partial charge in [-0.25, -0.2) is 0 Å². The third kappa shape index (κ3) is 10.4. The van der Waals surface area contributed by atoms with Gasteiger partial charge in [0.25, 0.3) is 0 Å². The fourth-order valence-electron chi connectivity index (χ4n) is 17.9. The normalized spacial score (nSPS) is 16.9. The molecule has 102 heavy (non-hydrogen) atoms. The second-order valence-corrected chi connectivity index (χ2v) is 30.9. The van der Waals surface area contributed by atoms with E-state index < -0.39 is 0 Å². The summed E-state index contributed by atoms with van der Waals surface area (Å²) < 4.78 is 0. The van der Waals surface area contributed by atoms with Gasteiger partial charge < -0.3 is 9.80 Å². The molecule has 0 amide bonds. The van der Waals surface area contributed by atoms with Crippen LogP contribution >= 0.6 is 0 Å². The molecular weight excluding hydrogens is 1230 g/mol. The zero-order valence-electron chi connectivity index (χ0n) is 59.4. The van der Waals surface area contributed by atoms with E-state index in [0.29, 0.717) is 11.8 Å². The highest BCUT2D eigenvalue weighted by molar-refractivity contribution is 5.91. The summed E-state index contributed by atoms with van der Waals surface area (Å²) in [4.78, 5) is 4.97. The van der Waals surface area contributed by atoms with Gasteiger partial charge in [-0.15, -0.1) is 0 Å². The highest BCUT2D eigenvalue weighted by Gasteiger charge is 2.46. The van der Waals surface area contributed by atoms with Crippen molar-refractivity contribution in [3.8, 4) is 66.8 Å². The minimum atomic E-state index is -0.227. The summed E-state index contributed by atoms with van der Waals surface area (Å²) in [5, 5.41) is 0. The van der Waals surface area contributed by atoms with Crippen molar-refractivity contribution in [2.75, 3.05) is 9.80 Å². The summed E-state index contributed by atoms with van der Waals surface area (Å²) in [5.41, 5.74) is 37.3. The Morgan fingerprint density at radius 2 is 0.618 bits per heavy atom. The predicted octanol–water partition coefficient (Wildman–Crippen LogP) is 26.7. The van der Waals surface area contributed by atoms with Crippen LogP contribution in [-0.2, 0) is 21.7 Å². The van der Waals surface area contributed by atoms with Gasteiger partial charge >= 0.3 is 0 Å². The molecule has 5 aliphatic rings. The van der Waals surface area contributed by atoms with Crippen LogP contribution in [0.5, 0.6) is 0 Å². The number of fused-ring (bicyclic) bond motifs is 12. The zero-order valence-corrected chi connectivity index (χ0v) is 59.4. The lowest BCUT2D eigenvalue weighted by molar-refractivity contribution is 0.392. The van der Waals surface area contributed by atoms with Crippen LogP contribution in [0.3, 0.4) is 0 Å². The van der Waals surface area contributed by atoms with Gasteiger partial charge in [-0.05, 0) is 212 Å². The summed E-state index contributed by atoms with van der Waals surface area (Å²) in [7, 11) is 0. The lowest BCUT2D eigenvalue weighted by atomic mass is 9.74. The highest BCUT2D eigenvalue weighted by atomic mass is 15.2. The second-order valence-electron chi connectivity index (χ2n) is 30.9. The SMILES string of the molecule is CC1(C)c2cc(/C=C/c3ccc(-c4ccc(/C=C/c5ccc6c(c5)C(C)(C)c5cc(N(c7cccc(-c8ccccc8)c7)c7ccc8c(c7)C(C)(C)c7ccccc7-8)ccc5-6)cc4)cc3)ccc2-c2ccc(N(C3=CC4C(C=C3)c3ccccc3C4(C)C)c3cccc(-c4ccccc4)c3)cc21. The maximum Gasteiger partial charge on any atom is 0.0467 e. The van der Waals surface area contributed by atoms with Gasteiger partial charge in [-0.3, -0.25) is 0 Å². The van der Waals surface area contributed by atoms with Gasteiger partial charge in [-0.2, -0.15) is 0 Å². The summed E-state index contributed by atoms with van der Waals surface area (Å²) in [6, 6.07) is 111. The number of benzene rings is 13. The van der Waals surface area contributed by atoms with Crippen molar-refractivity contribution in [2.24, 2.45) is 5.92 Å². The number of anilines is 5. The Labute approximate surface area is 602 Å². The minimum absolute atomic E-state index is 0.00429. The van der Waals surface area contributed by atoms with Crippen molar-refractivity contribution in [1.82, 2.24) is 0 Å². The molecule has 0 heterocycles. The van der Waals surface area contributed by atoms with Crippen LogP contribution in [0.15, 0.2) is 321 Å². The largest absolute Gasteiger partial charge is 0.311 e. The fourth-order valence-corrected chi connectivity index (χ4v) is 17.9. The van der Waals surface area contributed by atoms with Crippen molar-refractivity contribution >= 4 is 52.7 Å². The molecule has 18 rings (SSSR count). The van der Waals surface area contributed by atoms with Gasteiger partial charge in [0.05, 0.1) is 0 Å². The molecule has 0 aliphatic heterocycles. The summed E-state index contributed by atoms with van der Waals surface area (Å²) >= 11 is 0. The Hall–Kier alpha value is -11.6. The topological polar surface area (TPSA) is 6.48 Å². The molecule has 492 valence electrons. The molecule has 0 radical (unpaired) electrons. The molecule has 5 aliphatic carbocycles. The Kier molecular flexibility index (Phi) is 14.8. The molecule has 0 N–H and O–H groups in total. The van der Waals surface area contributed by atoms with Gasteiger partial charge in [0.2, 0.25) is 0 Å². The van der Waals surface area contributed by atoms with Crippen LogP contribution < -0.4 is 9.80 Å². The Morgan fingerprint density at radius 3 is 1.12 bits per heavy atom. The van der Waals surface area contributed by atoms with Crippen molar-refractivity contribution < 1.29 is 0 Å². The Morgan fingerprint density at radius 1 is 0.265 bits per heavy atom. The van der Waals surface area contributed by atoms with Gasteiger partial charge in [0, 0.05) is 56.3 Å². The van der Waals surface area contributed by atoms with E-state index >= 15 is 0 Å². The molecule has 0 saturated carbocycles. The zero-order chi connectivity index (χ0) is 69.2. The summed E-state index contributed by atoms with van der Waals surface area (Å²) in [5.74, 6) is 0.690. The first kappa shape index (κ1) is 62.7. The average molecular weight is 1310 g/mol. The van der Waals surface area contributed by atoms with Crippen LogP contribution in [0.1, 0.15) is 128 Å². The fraction of sp³-hybridized carbons (Fsp3) is 0.140. The van der Waals surface area contributed by atoms with Crippen LogP contribution in [0.25, 0.3) is 91.1 Å². The van der Waals surface area contributed by atoms with E-state index in [9.17, 15) is 0 Å². The van der Waals surface area contributed by atoms with Crippen LogP contribution in [-0.4, -0.2) is 0 Å². The first-order valence-corrected chi connectivity index (χ1v) is 36.4. The van der Waals surface area contributed by atoms with Crippen LogP contribution in [0.4, 0.5) is 28.4 Å².